The average molecular weight is 599 g/mol. The molecule has 0 aliphatic rings. The van der Waals surface area contributed by atoms with E-state index >= 15 is 0 Å². The number of anilines is 1. The molecule has 0 fully saturated rings. The van der Waals surface area contributed by atoms with Crippen molar-refractivity contribution in [3.63, 3.8) is 0 Å². The van der Waals surface area contributed by atoms with Gasteiger partial charge in [-0.05, 0) is 83.9 Å². The number of hydrogen-bond acceptors (Lipinski definition) is 8. The highest BCUT2D eigenvalue weighted by Crippen LogP contribution is 2.31. The SMILES string of the molecule is CCN(CC)Cc1cccc(-c2cc(-c3ccc(-c4ccc(N)cc4)cc3)cc(-c3cccc(CN(CC=O)CC=O)n3)n2)n1. The molecule has 8 nitrogen and oxygen atoms in total. The van der Waals surface area contributed by atoms with E-state index in [4.69, 9.17) is 20.7 Å². The van der Waals surface area contributed by atoms with E-state index < -0.39 is 0 Å². The van der Waals surface area contributed by atoms with Crippen LogP contribution in [0.25, 0.3) is 45.0 Å². The van der Waals surface area contributed by atoms with Crippen LogP contribution in [-0.4, -0.2) is 63.5 Å². The van der Waals surface area contributed by atoms with Crippen LogP contribution >= 0.6 is 0 Å². The summed E-state index contributed by atoms with van der Waals surface area (Å²) >= 11 is 0. The second kappa shape index (κ2) is 15.1. The van der Waals surface area contributed by atoms with Crippen molar-refractivity contribution in [1.29, 1.82) is 0 Å². The molecule has 5 aromatic rings. The van der Waals surface area contributed by atoms with Gasteiger partial charge in [0.05, 0.1) is 47.3 Å². The number of benzene rings is 2. The highest BCUT2D eigenvalue weighted by Gasteiger charge is 2.14. The molecule has 45 heavy (non-hydrogen) atoms. The second-order valence-corrected chi connectivity index (χ2v) is 10.8. The predicted molar refractivity (Wildman–Crippen MR) is 180 cm³/mol. The van der Waals surface area contributed by atoms with Gasteiger partial charge in [0.15, 0.2) is 0 Å². The Bertz CT molecular complexity index is 1720. The Hall–Kier alpha value is -5.05. The molecule has 2 N–H and O–H groups in total. The maximum atomic E-state index is 11.1. The van der Waals surface area contributed by atoms with Crippen LogP contribution in [0.5, 0.6) is 0 Å². The molecule has 3 aromatic heterocycles. The summed E-state index contributed by atoms with van der Waals surface area (Å²) in [5.74, 6) is 0. The Kier molecular flexibility index (Phi) is 10.5. The monoisotopic (exact) mass is 598 g/mol. The average Bonchev–Trinajstić information content (AvgIpc) is 3.08. The fourth-order valence-electron chi connectivity index (χ4n) is 5.23. The molecule has 2 aromatic carbocycles. The molecule has 0 atom stereocenters. The van der Waals surface area contributed by atoms with Crippen LogP contribution < -0.4 is 5.73 Å². The largest absolute Gasteiger partial charge is 0.399 e. The first-order chi connectivity index (χ1) is 22.0. The van der Waals surface area contributed by atoms with Crippen molar-refractivity contribution in [3.8, 4) is 45.0 Å². The number of hydrogen-bond donors (Lipinski definition) is 1. The van der Waals surface area contributed by atoms with Gasteiger partial charge in [-0.15, -0.1) is 0 Å². The summed E-state index contributed by atoms with van der Waals surface area (Å²) in [7, 11) is 0. The molecule has 8 heteroatoms. The molecule has 3 heterocycles. The topological polar surface area (TPSA) is 105 Å². The van der Waals surface area contributed by atoms with Crippen molar-refractivity contribution in [2.45, 2.75) is 26.9 Å². The Morgan fingerprint density at radius 2 is 1.00 bits per heavy atom. The van der Waals surface area contributed by atoms with Gasteiger partial charge in [0.25, 0.3) is 0 Å². The summed E-state index contributed by atoms with van der Waals surface area (Å²) in [5.41, 5.74) is 15.5. The summed E-state index contributed by atoms with van der Waals surface area (Å²) < 4.78 is 0. The smallest absolute Gasteiger partial charge is 0.134 e. The zero-order valence-corrected chi connectivity index (χ0v) is 25.8. The lowest BCUT2D eigenvalue weighted by molar-refractivity contribution is -0.111. The van der Waals surface area contributed by atoms with E-state index in [2.05, 4.69) is 55.1 Å². The fraction of sp³-hybridized carbons (Fsp3) is 0.216. The van der Waals surface area contributed by atoms with Crippen molar-refractivity contribution >= 4 is 18.3 Å². The number of nitrogen functional groups attached to an aromatic ring is 1. The minimum absolute atomic E-state index is 0.157. The van der Waals surface area contributed by atoms with Crippen LogP contribution in [-0.2, 0) is 22.7 Å². The zero-order chi connectivity index (χ0) is 31.6. The van der Waals surface area contributed by atoms with E-state index in [-0.39, 0.29) is 13.1 Å². The summed E-state index contributed by atoms with van der Waals surface area (Å²) in [5, 5.41) is 0. The molecular weight excluding hydrogens is 560 g/mol. The summed E-state index contributed by atoms with van der Waals surface area (Å²) in [6.45, 7) is 7.66. The van der Waals surface area contributed by atoms with Crippen LogP contribution in [0.2, 0.25) is 0 Å². The first-order valence-electron chi connectivity index (χ1n) is 15.2. The minimum atomic E-state index is 0.157. The van der Waals surface area contributed by atoms with Crippen LogP contribution in [0.15, 0.2) is 97.1 Å². The number of nitrogens with zero attached hydrogens (tertiary/aromatic N) is 5. The number of pyridine rings is 3. The van der Waals surface area contributed by atoms with Gasteiger partial charge in [-0.1, -0.05) is 62.4 Å². The highest BCUT2D eigenvalue weighted by atomic mass is 16.1. The molecule has 0 saturated carbocycles. The van der Waals surface area contributed by atoms with E-state index in [1.165, 1.54) is 0 Å². The lowest BCUT2D eigenvalue weighted by Gasteiger charge is -2.18. The molecule has 0 aliphatic heterocycles. The molecule has 0 spiro atoms. The molecule has 0 amide bonds. The molecule has 228 valence electrons. The van der Waals surface area contributed by atoms with E-state index in [1.807, 2.05) is 60.7 Å². The number of aldehydes is 2. The van der Waals surface area contributed by atoms with Crippen LogP contribution in [0, 0.1) is 0 Å². The van der Waals surface area contributed by atoms with Crippen LogP contribution in [0.4, 0.5) is 5.69 Å². The molecule has 0 saturated heterocycles. The molecule has 0 bridgehead atoms. The number of carbonyl (C=O) groups excluding carboxylic acids is 2. The Labute approximate surface area is 264 Å². The van der Waals surface area contributed by atoms with Gasteiger partial charge in [0.1, 0.15) is 12.6 Å². The van der Waals surface area contributed by atoms with Crippen molar-refractivity contribution in [3.05, 3.63) is 108 Å². The Morgan fingerprint density at radius 1 is 0.556 bits per heavy atom. The lowest BCUT2D eigenvalue weighted by Crippen LogP contribution is -2.27. The van der Waals surface area contributed by atoms with E-state index in [1.54, 1.807) is 4.90 Å². The summed E-state index contributed by atoms with van der Waals surface area (Å²) in [6, 6.07) is 32.2. The first-order valence-corrected chi connectivity index (χ1v) is 15.2. The van der Waals surface area contributed by atoms with Gasteiger partial charge in [-0.25, -0.2) is 15.0 Å². The normalized spacial score (nSPS) is 11.2. The minimum Gasteiger partial charge on any atom is -0.399 e. The third-order valence-electron chi connectivity index (χ3n) is 7.76. The van der Waals surface area contributed by atoms with Crippen molar-refractivity contribution in [2.75, 3.05) is 31.9 Å². The third-order valence-corrected chi connectivity index (χ3v) is 7.76. The molecule has 0 radical (unpaired) electrons. The van der Waals surface area contributed by atoms with Gasteiger partial charge in [0, 0.05) is 18.8 Å². The maximum absolute atomic E-state index is 11.1. The van der Waals surface area contributed by atoms with Crippen LogP contribution in [0.1, 0.15) is 25.2 Å². The maximum Gasteiger partial charge on any atom is 0.134 e. The quantitative estimate of drug-likeness (QED) is 0.120. The van der Waals surface area contributed by atoms with Crippen molar-refractivity contribution < 1.29 is 9.59 Å². The Balaban J connectivity index is 1.56. The standard InChI is InChI=1S/C37H38N6O2/c1-3-42(4-2)25-32-7-5-9-34(39-32)36-23-30(29-13-11-27(12-14-29)28-15-17-31(38)18-16-28)24-37(41-36)35-10-6-8-33(40-35)26-43(19-21-44)20-22-45/h5-18,21-24H,3-4,19-20,25-26,38H2,1-2H3. The lowest BCUT2D eigenvalue weighted by atomic mass is 9.99. The van der Waals surface area contributed by atoms with Gasteiger partial charge in [-0.3, -0.25) is 9.80 Å². The van der Waals surface area contributed by atoms with Crippen molar-refractivity contribution in [1.82, 2.24) is 24.8 Å². The molecule has 0 unspecified atom stereocenters. The molecular formula is C37H38N6O2. The first kappa shape index (κ1) is 31.4. The van der Waals surface area contributed by atoms with Gasteiger partial charge < -0.3 is 15.3 Å². The van der Waals surface area contributed by atoms with Gasteiger partial charge in [-0.2, -0.15) is 0 Å². The summed E-state index contributed by atoms with van der Waals surface area (Å²) in [6.07, 6.45) is 1.59. The predicted octanol–water partition coefficient (Wildman–Crippen LogP) is 6.16. The highest BCUT2D eigenvalue weighted by molar-refractivity contribution is 5.77. The summed E-state index contributed by atoms with van der Waals surface area (Å²) in [4.78, 5) is 41.3. The second-order valence-electron chi connectivity index (χ2n) is 10.8. The Morgan fingerprint density at radius 3 is 1.47 bits per heavy atom. The molecule has 5 rings (SSSR count). The number of carbonyl (C=O) groups is 2. The number of aromatic nitrogens is 3. The third kappa shape index (κ3) is 8.12. The zero-order valence-electron chi connectivity index (χ0n) is 25.8. The van der Waals surface area contributed by atoms with Gasteiger partial charge >= 0.3 is 0 Å². The fourth-order valence-corrected chi connectivity index (χ4v) is 5.23. The van der Waals surface area contributed by atoms with E-state index in [0.717, 1.165) is 82.9 Å². The van der Waals surface area contributed by atoms with Gasteiger partial charge in [0.2, 0.25) is 0 Å². The van der Waals surface area contributed by atoms with Crippen LogP contribution in [0.3, 0.4) is 0 Å². The van der Waals surface area contributed by atoms with Crippen molar-refractivity contribution in [2.24, 2.45) is 0 Å². The number of rotatable bonds is 14. The molecule has 0 aliphatic carbocycles. The van der Waals surface area contributed by atoms with E-state index in [9.17, 15) is 9.59 Å². The number of nitrogens with two attached hydrogens (primary N) is 1. The van der Waals surface area contributed by atoms with E-state index in [0.29, 0.717) is 17.9 Å².